The number of carbonyl (C=O) groups excluding carboxylic acids is 2. The summed E-state index contributed by atoms with van der Waals surface area (Å²) >= 11 is 5.67. The van der Waals surface area contributed by atoms with Crippen LogP contribution in [0.1, 0.15) is 36.2 Å². The molecule has 1 atom stereocenters. The fraction of sp³-hybridized carbons (Fsp3) is 0.533. The van der Waals surface area contributed by atoms with E-state index in [1.807, 2.05) is 0 Å². The lowest BCUT2D eigenvalue weighted by Gasteiger charge is -2.33. The van der Waals surface area contributed by atoms with Gasteiger partial charge in [0, 0.05) is 32.1 Å². The van der Waals surface area contributed by atoms with Gasteiger partial charge in [-0.1, -0.05) is 11.6 Å². The summed E-state index contributed by atoms with van der Waals surface area (Å²) in [5.41, 5.74) is 0.189. The van der Waals surface area contributed by atoms with Crippen molar-refractivity contribution >= 4 is 23.3 Å². The van der Waals surface area contributed by atoms with Gasteiger partial charge in [-0.3, -0.25) is 14.6 Å². The molecule has 8 heteroatoms. The molecule has 0 aliphatic carbocycles. The van der Waals surface area contributed by atoms with Gasteiger partial charge in [0.25, 0.3) is 0 Å². The molecule has 23 heavy (non-hydrogen) atoms. The van der Waals surface area contributed by atoms with Gasteiger partial charge in [0.2, 0.25) is 5.91 Å². The predicted molar refractivity (Wildman–Crippen MR) is 78.2 cm³/mol. The van der Waals surface area contributed by atoms with Crippen molar-refractivity contribution in [2.45, 2.75) is 31.9 Å². The molecule has 1 aliphatic rings. The van der Waals surface area contributed by atoms with Crippen LogP contribution in [0.3, 0.4) is 0 Å². The zero-order chi connectivity index (χ0) is 17.0. The number of rotatable bonds is 4. The molecule has 0 bridgehead atoms. The normalized spacial score (nSPS) is 18.8. The number of Topliss-reactive ketones (excluding diaryl/α,β-unsaturated/α-hetero) is 1. The Hall–Kier alpha value is -1.63. The van der Waals surface area contributed by atoms with Crippen LogP contribution in [0, 0.1) is 5.92 Å². The van der Waals surface area contributed by atoms with Crippen molar-refractivity contribution in [2.24, 2.45) is 5.92 Å². The van der Waals surface area contributed by atoms with E-state index in [1.54, 1.807) is 0 Å². The summed E-state index contributed by atoms with van der Waals surface area (Å²) in [6.45, 7) is -0.0193. The Labute approximate surface area is 136 Å². The quantitative estimate of drug-likeness (QED) is 0.782. The number of amides is 1. The molecule has 0 saturated carbocycles. The van der Waals surface area contributed by atoms with Crippen LogP contribution in [0.4, 0.5) is 13.2 Å². The van der Waals surface area contributed by atoms with E-state index in [-0.39, 0.29) is 37.3 Å². The lowest BCUT2D eigenvalue weighted by Crippen LogP contribution is -2.44. The molecule has 1 amide bonds. The third-order valence-corrected chi connectivity index (χ3v) is 4.04. The monoisotopic (exact) mass is 348 g/mol. The second kappa shape index (κ2) is 7.29. The van der Waals surface area contributed by atoms with E-state index in [0.29, 0.717) is 18.0 Å². The molecule has 1 aromatic rings. The van der Waals surface area contributed by atoms with E-state index in [9.17, 15) is 22.8 Å². The van der Waals surface area contributed by atoms with E-state index in [1.165, 1.54) is 23.2 Å². The maximum atomic E-state index is 12.7. The smallest absolute Gasteiger partial charge is 0.342 e. The van der Waals surface area contributed by atoms with Crippen molar-refractivity contribution in [3.05, 3.63) is 29.0 Å². The van der Waals surface area contributed by atoms with Crippen LogP contribution in [-0.2, 0) is 4.79 Å². The molecule has 4 nitrogen and oxygen atoms in total. The topological polar surface area (TPSA) is 50.3 Å². The first-order chi connectivity index (χ1) is 10.8. The Morgan fingerprint density at radius 2 is 2.04 bits per heavy atom. The van der Waals surface area contributed by atoms with Crippen molar-refractivity contribution in [2.75, 3.05) is 13.1 Å². The van der Waals surface area contributed by atoms with Crippen LogP contribution >= 0.6 is 11.6 Å². The number of hydrogen-bond acceptors (Lipinski definition) is 3. The van der Waals surface area contributed by atoms with Crippen LogP contribution in [0.25, 0.3) is 0 Å². The number of likely N-dealkylation sites (tertiary alicyclic amines) is 1. The SMILES string of the molecule is O=C(CCC(=O)N1CCCC(C(F)(F)F)C1)c1ccc(Cl)cn1. The molecule has 1 unspecified atom stereocenters. The van der Waals surface area contributed by atoms with Gasteiger partial charge in [-0.25, -0.2) is 0 Å². The summed E-state index contributed by atoms with van der Waals surface area (Å²) in [6, 6.07) is 2.97. The minimum absolute atomic E-state index is 0.0426. The van der Waals surface area contributed by atoms with Crippen molar-refractivity contribution in [3.8, 4) is 0 Å². The standard InChI is InChI=1S/C15H16ClF3N2O2/c16-11-3-4-12(20-8-11)13(22)5-6-14(23)21-7-1-2-10(9-21)15(17,18)19/h3-4,8,10H,1-2,5-7,9H2. The molecular formula is C15H16ClF3N2O2. The molecule has 1 saturated heterocycles. The van der Waals surface area contributed by atoms with Gasteiger partial charge in [0.05, 0.1) is 10.9 Å². The van der Waals surface area contributed by atoms with Gasteiger partial charge < -0.3 is 4.90 Å². The maximum absolute atomic E-state index is 12.7. The summed E-state index contributed by atoms with van der Waals surface area (Å²) in [5, 5.41) is 0.393. The average Bonchev–Trinajstić information content (AvgIpc) is 2.52. The van der Waals surface area contributed by atoms with Crippen molar-refractivity contribution < 1.29 is 22.8 Å². The van der Waals surface area contributed by atoms with Gasteiger partial charge in [0.15, 0.2) is 5.78 Å². The summed E-state index contributed by atoms with van der Waals surface area (Å²) in [5.74, 6) is -2.24. The number of piperidine rings is 1. The molecule has 2 heterocycles. The van der Waals surface area contributed by atoms with E-state index in [0.717, 1.165) is 0 Å². The summed E-state index contributed by atoms with van der Waals surface area (Å²) < 4.78 is 38.2. The third kappa shape index (κ3) is 4.92. The number of halogens is 4. The first kappa shape index (κ1) is 17.7. The molecule has 2 rings (SSSR count). The molecule has 1 aromatic heterocycles. The zero-order valence-electron chi connectivity index (χ0n) is 12.3. The fourth-order valence-electron chi connectivity index (χ4n) is 2.52. The first-order valence-corrected chi connectivity index (χ1v) is 7.64. The molecule has 126 valence electrons. The van der Waals surface area contributed by atoms with Gasteiger partial charge in [-0.05, 0) is 25.0 Å². The van der Waals surface area contributed by atoms with Crippen molar-refractivity contribution in [1.29, 1.82) is 0 Å². The maximum Gasteiger partial charge on any atom is 0.393 e. The molecule has 1 aliphatic heterocycles. The Bertz CT molecular complexity index is 575. The van der Waals surface area contributed by atoms with E-state index in [4.69, 9.17) is 11.6 Å². The minimum Gasteiger partial charge on any atom is -0.342 e. The Morgan fingerprint density at radius 1 is 1.30 bits per heavy atom. The Morgan fingerprint density at radius 3 is 2.65 bits per heavy atom. The fourth-order valence-corrected chi connectivity index (χ4v) is 2.63. The highest BCUT2D eigenvalue weighted by Gasteiger charge is 2.42. The van der Waals surface area contributed by atoms with Crippen LogP contribution in [0.5, 0.6) is 0 Å². The number of pyridine rings is 1. The number of hydrogen-bond donors (Lipinski definition) is 0. The zero-order valence-corrected chi connectivity index (χ0v) is 13.0. The van der Waals surface area contributed by atoms with Crippen LogP contribution in [0.15, 0.2) is 18.3 Å². The van der Waals surface area contributed by atoms with E-state index >= 15 is 0 Å². The lowest BCUT2D eigenvalue weighted by atomic mass is 9.97. The van der Waals surface area contributed by atoms with Crippen molar-refractivity contribution in [3.63, 3.8) is 0 Å². The number of carbonyl (C=O) groups is 2. The number of ketones is 1. The lowest BCUT2D eigenvalue weighted by molar-refractivity contribution is -0.188. The number of aromatic nitrogens is 1. The van der Waals surface area contributed by atoms with Gasteiger partial charge in [0.1, 0.15) is 5.69 Å². The highest BCUT2D eigenvalue weighted by molar-refractivity contribution is 6.30. The number of alkyl halides is 3. The Balaban J connectivity index is 1.87. The van der Waals surface area contributed by atoms with Gasteiger partial charge in [-0.2, -0.15) is 13.2 Å². The highest BCUT2D eigenvalue weighted by Crippen LogP contribution is 2.33. The summed E-state index contributed by atoms with van der Waals surface area (Å²) in [4.78, 5) is 29.0. The molecule has 0 spiro atoms. The molecule has 0 aromatic carbocycles. The van der Waals surface area contributed by atoms with Crippen LogP contribution in [0.2, 0.25) is 5.02 Å². The molecule has 0 radical (unpaired) electrons. The molecule has 0 N–H and O–H groups in total. The molecule has 1 fully saturated rings. The average molecular weight is 349 g/mol. The Kier molecular flexibility index (Phi) is 5.62. The third-order valence-electron chi connectivity index (χ3n) is 3.82. The minimum atomic E-state index is -4.29. The highest BCUT2D eigenvalue weighted by atomic mass is 35.5. The van der Waals surface area contributed by atoms with Crippen LogP contribution in [-0.4, -0.2) is 40.8 Å². The second-order valence-corrected chi connectivity index (χ2v) is 5.94. The van der Waals surface area contributed by atoms with E-state index in [2.05, 4.69) is 4.98 Å². The van der Waals surface area contributed by atoms with Crippen molar-refractivity contribution in [1.82, 2.24) is 9.88 Å². The second-order valence-electron chi connectivity index (χ2n) is 5.51. The summed E-state index contributed by atoms with van der Waals surface area (Å²) in [7, 11) is 0. The predicted octanol–water partition coefficient (Wildman–Crippen LogP) is 3.50. The van der Waals surface area contributed by atoms with Gasteiger partial charge in [-0.15, -0.1) is 0 Å². The first-order valence-electron chi connectivity index (χ1n) is 7.26. The summed E-state index contributed by atoms with van der Waals surface area (Å²) in [6.07, 6.45) is -2.80. The number of nitrogens with zero attached hydrogens (tertiary/aromatic N) is 2. The van der Waals surface area contributed by atoms with E-state index < -0.39 is 18.0 Å². The van der Waals surface area contributed by atoms with Gasteiger partial charge >= 0.3 is 6.18 Å². The largest absolute Gasteiger partial charge is 0.393 e. The van der Waals surface area contributed by atoms with Crippen LogP contribution < -0.4 is 0 Å². The molecular weight excluding hydrogens is 333 g/mol.